The molecule has 0 radical (unpaired) electrons. The number of carbonyl (C=O) groups excluding carboxylic acids is 1. The third kappa shape index (κ3) is 4.61. The van der Waals surface area contributed by atoms with Crippen molar-refractivity contribution in [1.29, 1.82) is 0 Å². The maximum absolute atomic E-state index is 12.3. The van der Waals surface area contributed by atoms with Gasteiger partial charge in [-0.2, -0.15) is 0 Å². The van der Waals surface area contributed by atoms with E-state index in [1.54, 1.807) is 0 Å². The lowest BCUT2D eigenvalue weighted by atomic mass is 9.89. The van der Waals surface area contributed by atoms with Crippen LogP contribution in [0, 0.1) is 5.92 Å². The highest BCUT2D eigenvalue weighted by molar-refractivity contribution is 5.94. The zero-order valence-corrected chi connectivity index (χ0v) is 13.7. The van der Waals surface area contributed by atoms with E-state index in [4.69, 9.17) is 4.74 Å². The molecule has 1 aromatic rings. The average Bonchev–Trinajstić information content (AvgIpc) is 2.44. The number of nitrogens with one attached hydrogen (secondary N) is 2. The molecule has 4 nitrogen and oxygen atoms in total. The van der Waals surface area contributed by atoms with Gasteiger partial charge in [-0.3, -0.25) is 4.79 Å². The monoisotopic (exact) mass is 312 g/mol. The summed E-state index contributed by atoms with van der Waals surface area (Å²) in [6, 6.07) is 7.79. The molecular formula is C16H25ClN2O2. The fourth-order valence-electron chi connectivity index (χ4n) is 2.71. The first-order valence-corrected chi connectivity index (χ1v) is 7.39. The van der Waals surface area contributed by atoms with Gasteiger partial charge in [0.15, 0.2) is 0 Å². The smallest absolute Gasteiger partial charge is 0.251 e. The van der Waals surface area contributed by atoms with Gasteiger partial charge in [0.05, 0.1) is 6.61 Å². The number of hydrogen-bond acceptors (Lipinski definition) is 3. The Bertz CT molecular complexity index is 440. The summed E-state index contributed by atoms with van der Waals surface area (Å²) in [4.78, 5) is 12.3. The first-order chi connectivity index (χ1) is 9.61. The van der Waals surface area contributed by atoms with E-state index in [-0.39, 0.29) is 24.4 Å². The van der Waals surface area contributed by atoms with Crippen molar-refractivity contribution in [2.24, 2.45) is 5.92 Å². The molecule has 1 aliphatic heterocycles. The average molecular weight is 313 g/mol. The summed E-state index contributed by atoms with van der Waals surface area (Å²) in [6.07, 6.45) is 1.10. The number of ether oxygens (including phenoxy) is 1. The van der Waals surface area contributed by atoms with Crippen LogP contribution < -0.4 is 15.4 Å². The van der Waals surface area contributed by atoms with Gasteiger partial charge >= 0.3 is 0 Å². The Labute approximate surface area is 133 Å². The van der Waals surface area contributed by atoms with Gasteiger partial charge in [0.2, 0.25) is 0 Å². The highest BCUT2D eigenvalue weighted by atomic mass is 35.5. The molecule has 1 aliphatic rings. The number of hydrogen-bond donors (Lipinski definition) is 2. The van der Waals surface area contributed by atoms with Crippen LogP contribution in [0.5, 0.6) is 5.75 Å². The predicted molar refractivity (Wildman–Crippen MR) is 87.4 cm³/mol. The van der Waals surface area contributed by atoms with Crippen LogP contribution in [0.25, 0.3) is 0 Å². The molecule has 2 N–H and O–H groups in total. The second-order valence-corrected chi connectivity index (χ2v) is 5.47. The number of carbonyl (C=O) groups is 1. The zero-order valence-electron chi connectivity index (χ0n) is 12.9. The number of amides is 1. The van der Waals surface area contributed by atoms with Crippen LogP contribution >= 0.6 is 12.4 Å². The molecule has 0 spiro atoms. The normalized spacial score (nSPS) is 24.8. The second-order valence-electron chi connectivity index (χ2n) is 5.47. The highest BCUT2D eigenvalue weighted by Crippen LogP contribution is 2.17. The Balaban J connectivity index is 0.00000220. The van der Waals surface area contributed by atoms with E-state index in [0.29, 0.717) is 24.1 Å². The minimum absolute atomic E-state index is 0. The topological polar surface area (TPSA) is 50.4 Å². The van der Waals surface area contributed by atoms with E-state index in [2.05, 4.69) is 24.5 Å². The third-order valence-corrected chi connectivity index (χ3v) is 3.94. The molecule has 5 heteroatoms. The maximum Gasteiger partial charge on any atom is 0.251 e. The van der Waals surface area contributed by atoms with Crippen molar-refractivity contribution in [2.45, 2.75) is 39.3 Å². The van der Waals surface area contributed by atoms with Crippen molar-refractivity contribution in [2.75, 3.05) is 13.2 Å². The molecule has 3 unspecified atom stereocenters. The van der Waals surface area contributed by atoms with Crippen LogP contribution in [0.3, 0.4) is 0 Å². The van der Waals surface area contributed by atoms with E-state index < -0.39 is 0 Å². The molecule has 2 rings (SSSR count). The van der Waals surface area contributed by atoms with Crippen LogP contribution in [0.4, 0.5) is 0 Å². The largest absolute Gasteiger partial charge is 0.494 e. The van der Waals surface area contributed by atoms with Gasteiger partial charge in [0, 0.05) is 17.6 Å². The molecule has 0 aliphatic carbocycles. The lowest BCUT2D eigenvalue weighted by Crippen LogP contribution is -2.55. The third-order valence-electron chi connectivity index (χ3n) is 3.94. The molecule has 3 atom stereocenters. The number of benzene rings is 1. The number of piperidine rings is 1. The van der Waals surface area contributed by atoms with E-state index in [1.807, 2.05) is 31.2 Å². The van der Waals surface area contributed by atoms with Crippen LogP contribution in [-0.2, 0) is 0 Å². The fourth-order valence-corrected chi connectivity index (χ4v) is 2.71. The first kappa shape index (κ1) is 17.8. The molecule has 1 heterocycles. The van der Waals surface area contributed by atoms with E-state index in [0.717, 1.165) is 18.7 Å². The van der Waals surface area contributed by atoms with E-state index in [9.17, 15) is 4.79 Å². The van der Waals surface area contributed by atoms with Crippen molar-refractivity contribution in [3.05, 3.63) is 29.8 Å². The van der Waals surface area contributed by atoms with Crippen LogP contribution in [0.2, 0.25) is 0 Å². The van der Waals surface area contributed by atoms with Gasteiger partial charge < -0.3 is 15.4 Å². The standard InChI is InChI=1S/C16H24N2O2.ClH/c1-4-20-14-7-5-13(6-8-14)16(19)18-15-11(2)9-10-17-12(15)3;/h5-8,11-12,15,17H,4,9-10H2,1-3H3,(H,18,19);1H. The van der Waals surface area contributed by atoms with E-state index in [1.165, 1.54) is 0 Å². The minimum Gasteiger partial charge on any atom is -0.494 e. The Hall–Kier alpha value is -1.26. The van der Waals surface area contributed by atoms with Crippen molar-refractivity contribution >= 4 is 18.3 Å². The fraction of sp³-hybridized carbons (Fsp3) is 0.562. The zero-order chi connectivity index (χ0) is 14.5. The van der Waals surface area contributed by atoms with E-state index >= 15 is 0 Å². The van der Waals surface area contributed by atoms with Crippen molar-refractivity contribution < 1.29 is 9.53 Å². The molecule has 0 bridgehead atoms. The lowest BCUT2D eigenvalue weighted by Gasteiger charge is -2.36. The summed E-state index contributed by atoms with van der Waals surface area (Å²) >= 11 is 0. The molecule has 1 aromatic carbocycles. The molecule has 1 amide bonds. The van der Waals surface area contributed by atoms with Crippen LogP contribution in [0.1, 0.15) is 37.6 Å². The molecular weight excluding hydrogens is 288 g/mol. The summed E-state index contributed by atoms with van der Waals surface area (Å²) in [5.74, 6) is 1.28. The summed E-state index contributed by atoms with van der Waals surface area (Å²) in [7, 11) is 0. The number of rotatable bonds is 4. The van der Waals surface area contributed by atoms with Crippen molar-refractivity contribution in [1.82, 2.24) is 10.6 Å². The van der Waals surface area contributed by atoms with Crippen molar-refractivity contribution in [3.8, 4) is 5.75 Å². The van der Waals surface area contributed by atoms with Gasteiger partial charge in [0.25, 0.3) is 5.91 Å². The Morgan fingerprint density at radius 2 is 2.00 bits per heavy atom. The Morgan fingerprint density at radius 3 is 2.57 bits per heavy atom. The maximum atomic E-state index is 12.3. The van der Waals surface area contributed by atoms with Gasteiger partial charge in [-0.05, 0) is 57.0 Å². The molecule has 1 saturated heterocycles. The Kier molecular flexibility index (Phi) is 6.99. The van der Waals surface area contributed by atoms with Gasteiger partial charge in [0.1, 0.15) is 5.75 Å². The van der Waals surface area contributed by atoms with Crippen LogP contribution in [-0.4, -0.2) is 31.1 Å². The van der Waals surface area contributed by atoms with Gasteiger partial charge in [-0.1, -0.05) is 6.92 Å². The molecule has 21 heavy (non-hydrogen) atoms. The highest BCUT2D eigenvalue weighted by Gasteiger charge is 2.28. The second kappa shape index (κ2) is 8.25. The lowest BCUT2D eigenvalue weighted by molar-refractivity contribution is 0.0897. The molecule has 0 aromatic heterocycles. The molecule has 118 valence electrons. The van der Waals surface area contributed by atoms with Crippen LogP contribution in [0.15, 0.2) is 24.3 Å². The summed E-state index contributed by atoms with van der Waals surface area (Å²) in [5, 5.41) is 6.55. The molecule has 0 saturated carbocycles. The minimum atomic E-state index is -0.0135. The Morgan fingerprint density at radius 1 is 1.33 bits per heavy atom. The van der Waals surface area contributed by atoms with Gasteiger partial charge in [-0.25, -0.2) is 0 Å². The summed E-state index contributed by atoms with van der Waals surface area (Å²) < 4.78 is 5.38. The van der Waals surface area contributed by atoms with Crippen molar-refractivity contribution in [3.63, 3.8) is 0 Å². The number of halogens is 1. The predicted octanol–water partition coefficient (Wildman–Crippen LogP) is 2.62. The summed E-state index contributed by atoms with van der Waals surface area (Å²) in [5.41, 5.74) is 0.679. The molecule has 1 fully saturated rings. The SMILES string of the molecule is CCOc1ccc(C(=O)NC2C(C)CCNC2C)cc1.Cl. The summed E-state index contributed by atoms with van der Waals surface area (Å²) in [6.45, 7) is 7.92. The van der Waals surface area contributed by atoms with Gasteiger partial charge in [-0.15, -0.1) is 12.4 Å². The quantitative estimate of drug-likeness (QED) is 0.898. The first-order valence-electron chi connectivity index (χ1n) is 7.39.